The van der Waals surface area contributed by atoms with Gasteiger partial charge in [0.15, 0.2) is 0 Å². The van der Waals surface area contributed by atoms with Crippen LogP contribution in [-0.4, -0.2) is 13.6 Å². The smallest absolute Gasteiger partial charge is 0.000293 e. The monoisotopic (exact) mass is 119 g/mol. The number of rotatable bonds is 3. The summed E-state index contributed by atoms with van der Waals surface area (Å²) in [7, 11) is 1.92. The highest BCUT2D eigenvalue weighted by Gasteiger charge is 1.71. The fourth-order valence-corrected chi connectivity index (χ4v) is 0.417. The summed E-state index contributed by atoms with van der Waals surface area (Å²) in [4.78, 5) is 0. The Bertz CT molecular complexity index is 52.0. The van der Waals surface area contributed by atoms with Crippen LogP contribution in [0.15, 0.2) is 11.6 Å². The summed E-state index contributed by atoms with van der Waals surface area (Å²) in [6, 6.07) is 0. The number of hydrogen-bond donors (Lipinski definition) is 1. The van der Waals surface area contributed by atoms with E-state index in [4.69, 9.17) is 11.6 Å². The van der Waals surface area contributed by atoms with Gasteiger partial charge in [-0.15, -0.1) is 0 Å². The van der Waals surface area contributed by atoms with Crippen molar-refractivity contribution in [3.8, 4) is 0 Å². The van der Waals surface area contributed by atoms with Crippen LogP contribution >= 0.6 is 11.6 Å². The van der Waals surface area contributed by atoms with E-state index in [0.29, 0.717) is 0 Å². The average Bonchev–Trinajstić information content (AvgIpc) is 1.69. The van der Waals surface area contributed by atoms with Crippen molar-refractivity contribution in [3.05, 3.63) is 11.6 Å². The lowest BCUT2D eigenvalue weighted by molar-refractivity contribution is 0.808. The Balaban J connectivity index is 2.69. The van der Waals surface area contributed by atoms with Crippen molar-refractivity contribution in [3.63, 3.8) is 0 Å². The predicted octanol–water partition coefficient (Wildman–Crippen LogP) is 1.35. The van der Waals surface area contributed by atoms with Gasteiger partial charge in [0.1, 0.15) is 0 Å². The SMILES string of the molecule is CNCC/C=C/Cl. The van der Waals surface area contributed by atoms with E-state index in [-0.39, 0.29) is 0 Å². The van der Waals surface area contributed by atoms with Crippen molar-refractivity contribution in [2.24, 2.45) is 0 Å². The maximum absolute atomic E-state index is 5.23. The van der Waals surface area contributed by atoms with E-state index in [1.807, 2.05) is 13.1 Å². The fraction of sp³-hybridized carbons (Fsp3) is 0.600. The summed E-state index contributed by atoms with van der Waals surface area (Å²) >= 11 is 5.23. The molecular formula is C5H10ClN. The van der Waals surface area contributed by atoms with E-state index in [1.165, 1.54) is 5.54 Å². The maximum atomic E-state index is 5.23. The summed E-state index contributed by atoms with van der Waals surface area (Å²) in [5.41, 5.74) is 1.54. The van der Waals surface area contributed by atoms with Gasteiger partial charge in [0.2, 0.25) is 0 Å². The first-order chi connectivity index (χ1) is 3.41. The summed E-state index contributed by atoms with van der Waals surface area (Å²) < 4.78 is 0. The van der Waals surface area contributed by atoms with Gasteiger partial charge in [-0.1, -0.05) is 17.7 Å². The molecule has 0 aromatic carbocycles. The van der Waals surface area contributed by atoms with E-state index in [1.54, 1.807) is 0 Å². The molecule has 0 aliphatic rings. The van der Waals surface area contributed by atoms with Crippen molar-refractivity contribution in [1.82, 2.24) is 5.32 Å². The van der Waals surface area contributed by atoms with Crippen LogP contribution in [0.5, 0.6) is 0 Å². The van der Waals surface area contributed by atoms with Gasteiger partial charge in [-0.05, 0) is 20.0 Å². The van der Waals surface area contributed by atoms with Gasteiger partial charge < -0.3 is 5.32 Å². The molecule has 0 heterocycles. The molecule has 0 saturated carbocycles. The number of nitrogens with one attached hydrogen (secondary N) is 1. The van der Waals surface area contributed by atoms with Crippen LogP contribution in [0.2, 0.25) is 0 Å². The van der Waals surface area contributed by atoms with E-state index < -0.39 is 0 Å². The molecule has 1 nitrogen and oxygen atoms in total. The molecule has 1 N–H and O–H groups in total. The van der Waals surface area contributed by atoms with Crippen LogP contribution in [0, 0.1) is 0 Å². The maximum Gasteiger partial charge on any atom is 0.000293 e. The minimum Gasteiger partial charge on any atom is -0.319 e. The zero-order valence-electron chi connectivity index (χ0n) is 4.45. The Morgan fingerprint density at radius 1 is 1.71 bits per heavy atom. The summed E-state index contributed by atoms with van der Waals surface area (Å²) in [5.74, 6) is 0. The van der Waals surface area contributed by atoms with Crippen molar-refractivity contribution in [2.45, 2.75) is 6.42 Å². The average molecular weight is 120 g/mol. The Labute approximate surface area is 49.4 Å². The van der Waals surface area contributed by atoms with Crippen LogP contribution in [0.25, 0.3) is 0 Å². The molecule has 0 saturated heterocycles. The molecule has 7 heavy (non-hydrogen) atoms. The minimum absolute atomic E-state index is 1.00. The van der Waals surface area contributed by atoms with E-state index in [2.05, 4.69) is 5.32 Å². The van der Waals surface area contributed by atoms with Crippen molar-refractivity contribution in [1.29, 1.82) is 0 Å². The Morgan fingerprint density at radius 2 is 2.43 bits per heavy atom. The van der Waals surface area contributed by atoms with Gasteiger partial charge in [-0.3, -0.25) is 0 Å². The van der Waals surface area contributed by atoms with Crippen molar-refractivity contribution in [2.75, 3.05) is 13.6 Å². The Hall–Kier alpha value is -0.0100. The molecule has 0 bridgehead atoms. The fourth-order valence-electron chi connectivity index (χ4n) is 0.291. The first kappa shape index (κ1) is 6.99. The molecule has 0 unspecified atom stereocenters. The van der Waals surface area contributed by atoms with Gasteiger partial charge in [0, 0.05) is 5.54 Å². The molecule has 42 valence electrons. The minimum atomic E-state index is 1.00. The molecule has 0 fully saturated rings. The highest BCUT2D eigenvalue weighted by molar-refractivity contribution is 6.25. The molecule has 0 amide bonds. The van der Waals surface area contributed by atoms with Crippen molar-refractivity contribution >= 4 is 11.6 Å². The summed E-state index contributed by atoms with van der Waals surface area (Å²) in [6.45, 7) is 1.00. The second-order valence-electron chi connectivity index (χ2n) is 1.25. The number of hydrogen-bond acceptors (Lipinski definition) is 1. The lowest BCUT2D eigenvalue weighted by atomic mass is 10.4. The van der Waals surface area contributed by atoms with Gasteiger partial charge in [-0.25, -0.2) is 0 Å². The molecule has 0 spiro atoms. The zero-order valence-corrected chi connectivity index (χ0v) is 5.20. The molecule has 0 aliphatic carbocycles. The third kappa shape index (κ3) is 5.99. The molecule has 0 rings (SSSR count). The van der Waals surface area contributed by atoms with Crippen LogP contribution in [0.1, 0.15) is 6.42 Å². The van der Waals surface area contributed by atoms with Crippen LogP contribution < -0.4 is 5.32 Å². The predicted molar refractivity (Wildman–Crippen MR) is 33.5 cm³/mol. The second-order valence-corrected chi connectivity index (χ2v) is 1.51. The highest BCUT2D eigenvalue weighted by atomic mass is 35.5. The zero-order chi connectivity index (χ0) is 5.54. The molecule has 0 aromatic heterocycles. The molecular weight excluding hydrogens is 110 g/mol. The third-order valence-electron chi connectivity index (χ3n) is 0.650. The number of halogens is 1. The van der Waals surface area contributed by atoms with Gasteiger partial charge >= 0.3 is 0 Å². The highest BCUT2D eigenvalue weighted by Crippen LogP contribution is 1.81. The van der Waals surface area contributed by atoms with Gasteiger partial charge in [0.05, 0.1) is 0 Å². The second kappa shape index (κ2) is 5.99. The molecule has 0 radical (unpaired) electrons. The van der Waals surface area contributed by atoms with Crippen LogP contribution in [0.3, 0.4) is 0 Å². The largest absolute Gasteiger partial charge is 0.319 e. The normalized spacial score (nSPS) is 10.6. The first-order valence-electron chi connectivity index (χ1n) is 2.31. The van der Waals surface area contributed by atoms with Crippen LogP contribution in [0.4, 0.5) is 0 Å². The molecule has 0 aliphatic heterocycles. The standard InChI is InChI=1S/C5H10ClN/c1-7-5-3-2-4-6/h2,4,7H,3,5H2,1H3/b4-2+. The Morgan fingerprint density at radius 3 is 2.86 bits per heavy atom. The topological polar surface area (TPSA) is 12.0 Å². The summed E-state index contributed by atoms with van der Waals surface area (Å²) in [5, 5.41) is 2.99. The lowest BCUT2D eigenvalue weighted by Crippen LogP contribution is -2.05. The van der Waals surface area contributed by atoms with Gasteiger partial charge in [0.25, 0.3) is 0 Å². The quantitative estimate of drug-likeness (QED) is 0.553. The third-order valence-corrected chi connectivity index (χ3v) is 0.828. The van der Waals surface area contributed by atoms with E-state index in [9.17, 15) is 0 Å². The Kier molecular flexibility index (Phi) is 5.98. The van der Waals surface area contributed by atoms with E-state index in [0.717, 1.165) is 13.0 Å². The van der Waals surface area contributed by atoms with Crippen LogP contribution in [-0.2, 0) is 0 Å². The molecule has 2 heteroatoms. The van der Waals surface area contributed by atoms with Crippen molar-refractivity contribution < 1.29 is 0 Å². The lowest BCUT2D eigenvalue weighted by Gasteiger charge is -1.87. The van der Waals surface area contributed by atoms with E-state index >= 15 is 0 Å². The van der Waals surface area contributed by atoms with Gasteiger partial charge in [-0.2, -0.15) is 0 Å². The first-order valence-corrected chi connectivity index (χ1v) is 2.75. The summed E-state index contributed by atoms with van der Waals surface area (Å²) in [6.07, 6.45) is 2.93. The molecule has 0 aromatic rings. The molecule has 0 atom stereocenters.